The third-order valence-corrected chi connectivity index (χ3v) is 8.48. The maximum atomic E-state index is 12.6. The van der Waals surface area contributed by atoms with Crippen LogP contribution in [-0.2, 0) is 10.0 Å². The molecule has 0 amide bonds. The van der Waals surface area contributed by atoms with Crippen molar-refractivity contribution < 1.29 is 8.42 Å². The van der Waals surface area contributed by atoms with Crippen molar-refractivity contribution in [3.8, 4) is 0 Å². The SMILES string of the molecule is CNc1nc(NC[C@H]2CC[C@H](CNS(=O)(=O)c3ccccc3Br)CC2)nc2ccccc12. The van der Waals surface area contributed by atoms with Crippen LogP contribution in [0.15, 0.2) is 57.9 Å². The Bertz CT molecular complexity index is 1180. The van der Waals surface area contributed by atoms with Gasteiger partial charge in [0.2, 0.25) is 16.0 Å². The van der Waals surface area contributed by atoms with Crippen LogP contribution in [-0.4, -0.2) is 38.5 Å². The van der Waals surface area contributed by atoms with Gasteiger partial charge in [0.05, 0.1) is 10.4 Å². The molecule has 0 aliphatic heterocycles. The van der Waals surface area contributed by atoms with Gasteiger partial charge in [-0.2, -0.15) is 4.98 Å². The minimum Gasteiger partial charge on any atom is -0.372 e. The van der Waals surface area contributed by atoms with Gasteiger partial charge in [-0.1, -0.05) is 24.3 Å². The van der Waals surface area contributed by atoms with Crippen molar-refractivity contribution in [2.45, 2.75) is 30.6 Å². The van der Waals surface area contributed by atoms with E-state index in [2.05, 4.69) is 41.3 Å². The van der Waals surface area contributed by atoms with Gasteiger partial charge in [-0.05, 0) is 77.7 Å². The average Bonchev–Trinajstić information content (AvgIpc) is 2.81. The fourth-order valence-corrected chi connectivity index (χ4v) is 6.31. The maximum Gasteiger partial charge on any atom is 0.241 e. The molecule has 32 heavy (non-hydrogen) atoms. The molecule has 1 aromatic heterocycles. The van der Waals surface area contributed by atoms with Crippen molar-refractivity contribution >= 4 is 48.6 Å². The molecule has 0 bridgehead atoms. The molecule has 3 N–H and O–H groups in total. The number of hydrogen-bond acceptors (Lipinski definition) is 6. The molecule has 7 nitrogen and oxygen atoms in total. The van der Waals surface area contributed by atoms with Crippen molar-refractivity contribution in [1.29, 1.82) is 0 Å². The number of halogens is 1. The molecule has 1 aliphatic carbocycles. The van der Waals surface area contributed by atoms with Crippen molar-refractivity contribution in [3.05, 3.63) is 53.0 Å². The average molecular weight is 518 g/mol. The second-order valence-corrected chi connectivity index (χ2v) is 10.8. The van der Waals surface area contributed by atoms with Gasteiger partial charge in [-0.15, -0.1) is 0 Å². The summed E-state index contributed by atoms with van der Waals surface area (Å²) >= 11 is 3.32. The Labute approximate surface area is 197 Å². The van der Waals surface area contributed by atoms with E-state index in [1.54, 1.807) is 24.3 Å². The fraction of sp³-hybridized carbons (Fsp3) is 0.391. The third kappa shape index (κ3) is 5.39. The second-order valence-electron chi connectivity index (χ2n) is 8.21. The molecule has 0 spiro atoms. The van der Waals surface area contributed by atoms with Gasteiger partial charge in [0.25, 0.3) is 0 Å². The standard InChI is InChI=1S/C23H28BrN5O2S/c1-25-22-18-6-2-4-8-20(18)28-23(29-22)26-14-16-10-12-17(13-11-16)15-27-32(30,31)21-9-5-3-7-19(21)24/h2-9,16-17,27H,10-15H2,1H3,(H2,25,26,28,29)/t16-,17-. The van der Waals surface area contributed by atoms with E-state index in [1.807, 2.05) is 31.3 Å². The van der Waals surface area contributed by atoms with Gasteiger partial charge >= 0.3 is 0 Å². The number of fused-ring (bicyclic) bond motifs is 1. The summed E-state index contributed by atoms with van der Waals surface area (Å²) in [6.07, 6.45) is 4.12. The van der Waals surface area contributed by atoms with Crippen LogP contribution < -0.4 is 15.4 Å². The van der Waals surface area contributed by atoms with Crippen molar-refractivity contribution in [3.63, 3.8) is 0 Å². The van der Waals surface area contributed by atoms with E-state index < -0.39 is 10.0 Å². The molecular weight excluding hydrogens is 490 g/mol. The lowest BCUT2D eigenvalue weighted by Crippen LogP contribution is -2.32. The Balaban J connectivity index is 1.27. The smallest absolute Gasteiger partial charge is 0.241 e. The first kappa shape index (κ1) is 22.9. The molecule has 4 rings (SSSR count). The lowest BCUT2D eigenvalue weighted by atomic mass is 9.82. The van der Waals surface area contributed by atoms with E-state index in [4.69, 9.17) is 0 Å². The number of aromatic nitrogens is 2. The Morgan fingerprint density at radius 2 is 1.59 bits per heavy atom. The minimum absolute atomic E-state index is 0.286. The summed E-state index contributed by atoms with van der Waals surface area (Å²) in [5, 5.41) is 7.55. The van der Waals surface area contributed by atoms with E-state index in [0.29, 0.717) is 28.8 Å². The predicted molar refractivity (Wildman–Crippen MR) is 132 cm³/mol. The molecule has 0 atom stereocenters. The first-order valence-corrected chi connectivity index (χ1v) is 13.2. The van der Waals surface area contributed by atoms with Crippen LogP contribution in [0.4, 0.5) is 11.8 Å². The van der Waals surface area contributed by atoms with Gasteiger partial charge in [0.1, 0.15) is 5.82 Å². The Morgan fingerprint density at radius 3 is 2.31 bits per heavy atom. The molecule has 1 aliphatic rings. The summed E-state index contributed by atoms with van der Waals surface area (Å²) in [6, 6.07) is 14.9. The molecule has 0 saturated heterocycles. The largest absolute Gasteiger partial charge is 0.372 e. The first-order valence-electron chi connectivity index (χ1n) is 10.9. The third-order valence-electron chi connectivity index (χ3n) is 6.04. The van der Waals surface area contributed by atoms with Gasteiger partial charge in [-0.3, -0.25) is 0 Å². The summed E-state index contributed by atoms with van der Waals surface area (Å²) < 4.78 is 28.6. The monoisotopic (exact) mass is 517 g/mol. The van der Waals surface area contributed by atoms with Crippen LogP contribution >= 0.6 is 15.9 Å². The highest BCUT2D eigenvalue weighted by Crippen LogP contribution is 2.30. The molecule has 1 fully saturated rings. The molecule has 0 unspecified atom stereocenters. The normalized spacial score (nSPS) is 19.1. The molecule has 2 aromatic carbocycles. The van der Waals surface area contributed by atoms with Gasteiger partial charge in [0.15, 0.2) is 0 Å². The highest BCUT2D eigenvalue weighted by Gasteiger charge is 2.24. The fourth-order valence-electron chi connectivity index (χ4n) is 4.19. The Kier molecular flexibility index (Phi) is 7.27. The highest BCUT2D eigenvalue weighted by atomic mass is 79.9. The van der Waals surface area contributed by atoms with Gasteiger partial charge in [-0.25, -0.2) is 18.1 Å². The van der Waals surface area contributed by atoms with E-state index in [9.17, 15) is 8.42 Å². The summed E-state index contributed by atoms with van der Waals surface area (Å²) in [5.41, 5.74) is 0.912. The summed E-state index contributed by atoms with van der Waals surface area (Å²) in [6.45, 7) is 1.29. The van der Waals surface area contributed by atoms with E-state index in [0.717, 1.165) is 48.9 Å². The number of nitrogens with zero attached hydrogens (tertiary/aromatic N) is 2. The highest BCUT2D eigenvalue weighted by molar-refractivity contribution is 9.10. The number of hydrogen-bond donors (Lipinski definition) is 3. The zero-order chi connectivity index (χ0) is 22.6. The van der Waals surface area contributed by atoms with Crippen LogP contribution in [0.1, 0.15) is 25.7 Å². The van der Waals surface area contributed by atoms with Crippen molar-refractivity contribution in [2.24, 2.45) is 11.8 Å². The van der Waals surface area contributed by atoms with Gasteiger partial charge in [0, 0.05) is 30.0 Å². The Morgan fingerprint density at radius 1 is 0.938 bits per heavy atom. The van der Waals surface area contributed by atoms with Gasteiger partial charge < -0.3 is 10.6 Å². The number of nitrogens with one attached hydrogen (secondary N) is 3. The van der Waals surface area contributed by atoms with Crippen LogP contribution in [0.2, 0.25) is 0 Å². The lowest BCUT2D eigenvalue weighted by molar-refractivity contribution is 0.284. The lowest BCUT2D eigenvalue weighted by Gasteiger charge is -2.28. The summed E-state index contributed by atoms with van der Waals surface area (Å²) in [4.78, 5) is 9.52. The topological polar surface area (TPSA) is 96.0 Å². The summed E-state index contributed by atoms with van der Waals surface area (Å²) in [7, 11) is -1.64. The minimum atomic E-state index is -3.51. The maximum absolute atomic E-state index is 12.6. The number of rotatable bonds is 8. The molecule has 170 valence electrons. The van der Waals surface area contributed by atoms with Crippen LogP contribution in [0.3, 0.4) is 0 Å². The van der Waals surface area contributed by atoms with Crippen LogP contribution in [0.5, 0.6) is 0 Å². The van der Waals surface area contributed by atoms with Crippen LogP contribution in [0.25, 0.3) is 10.9 Å². The quantitative estimate of drug-likeness (QED) is 0.403. The van der Waals surface area contributed by atoms with E-state index >= 15 is 0 Å². The van der Waals surface area contributed by atoms with Crippen molar-refractivity contribution in [1.82, 2.24) is 14.7 Å². The number of sulfonamides is 1. The predicted octanol–water partition coefficient (Wildman–Crippen LogP) is 4.63. The number of para-hydroxylation sites is 1. The molecule has 1 heterocycles. The molecule has 0 radical (unpaired) electrons. The molecule has 3 aromatic rings. The van der Waals surface area contributed by atoms with Crippen LogP contribution in [0, 0.1) is 11.8 Å². The Hall–Kier alpha value is -2.23. The molecular formula is C23H28BrN5O2S. The molecule has 9 heteroatoms. The zero-order valence-corrected chi connectivity index (χ0v) is 20.4. The molecule has 1 saturated carbocycles. The first-order chi connectivity index (χ1) is 15.5. The second kappa shape index (κ2) is 10.1. The van der Waals surface area contributed by atoms with Crippen molar-refractivity contribution in [2.75, 3.05) is 30.8 Å². The van der Waals surface area contributed by atoms with E-state index in [1.165, 1.54) is 0 Å². The van der Waals surface area contributed by atoms with E-state index in [-0.39, 0.29) is 4.90 Å². The summed E-state index contributed by atoms with van der Waals surface area (Å²) in [5.74, 6) is 2.34. The number of benzene rings is 2. The zero-order valence-electron chi connectivity index (χ0n) is 18.0. The number of anilines is 2.